The third-order valence-electron chi connectivity index (χ3n) is 0.587. The van der Waals surface area contributed by atoms with E-state index < -0.39 is 0 Å². The molecule has 0 unspecified atom stereocenters. The van der Waals surface area contributed by atoms with Crippen molar-refractivity contribution in [1.82, 2.24) is 0 Å². The Morgan fingerprint density at radius 3 is 1.67 bits per heavy atom. The molecule has 0 saturated heterocycles. The lowest BCUT2D eigenvalue weighted by atomic mass is 10.4. The van der Waals surface area contributed by atoms with Crippen LogP contribution in [0.4, 0.5) is 0 Å². The first kappa shape index (κ1) is 12.1. The maximum absolute atomic E-state index is 7.62. The van der Waals surface area contributed by atoms with Crippen LogP contribution in [0.5, 0.6) is 0 Å². The van der Waals surface area contributed by atoms with Gasteiger partial charge in [0.1, 0.15) is 0 Å². The molecule has 0 aromatic carbocycles. The highest BCUT2D eigenvalue weighted by atomic mass is 79.9. The van der Waals surface area contributed by atoms with Crippen LogP contribution in [0.3, 0.4) is 0 Å². The Labute approximate surface area is 65.0 Å². The lowest BCUT2D eigenvalue weighted by molar-refractivity contribution is 0.186. The second-order valence-corrected chi connectivity index (χ2v) is 2.28. The first-order valence-corrected chi connectivity index (χ1v) is 4.23. The third kappa shape index (κ3) is 29.8. The summed E-state index contributed by atoms with van der Waals surface area (Å²) >= 11 is 3.31. The number of aliphatic hydroxyl groups excluding tert-OH is 2. The number of aliphatic hydroxyl groups is 2. The predicted molar refractivity (Wildman–Crippen MR) is 42.9 cm³/mol. The maximum atomic E-state index is 7.62. The Kier molecular flexibility index (Phi) is 21.2. The average Bonchev–Trinajstić information content (AvgIpc) is 1.91. The normalized spacial score (nSPS) is 8.00. The summed E-state index contributed by atoms with van der Waals surface area (Å²) in [5.41, 5.74) is 0. The van der Waals surface area contributed by atoms with Crippen molar-refractivity contribution >= 4 is 15.9 Å². The Morgan fingerprint density at radius 1 is 1.22 bits per heavy atom. The van der Waals surface area contributed by atoms with Gasteiger partial charge >= 0.3 is 0 Å². The fourth-order valence-corrected chi connectivity index (χ4v) is 0.694. The van der Waals surface area contributed by atoms with Crippen molar-refractivity contribution in [3.8, 4) is 0 Å². The molecular weight excluding hydrogens is 184 g/mol. The molecule has 0 aromatic heterocycles. The third-order valence-corrected chi connectivity index (χ3v) is 1.15. The van der Waals surface area contributed by atoms with E-state index in [1.807, 2.05) is 0 Å². The topological polar surface area (TPSA) is 40.5 Å². The summed E-state index contributed by atoms with van der Waals surface area (Å²) in [6.07, 6.45) is 2.60. The number of rotatable bonds is 3. The van der Waals surface area contributed by atoms with E-state index in [9.17, 15) is 0 Å². The van der Waals surface area contributed by atoms with Crippen molar-refractivity contribution in [2.75, 3.05) is 18.5 Å². The number of hydrogen-bond acceptors (Lipinski definition) is 2. The van der Waals surface area contributed by atoms with Gasteiger partial charge < -0.3 is 10.2 Å². The zero-order chi connectivity index (χ0) is 7.54. The molecule has 0 spiro atoms. The lowest BCUT2D eigenvalue weighted by Crippen LogP contribution is -1.85. The SMILES string of the molecule is CCCCBr.OCCO. The average molecular weight is 199 g/mol. The molecule has 0 rings (SSSR count). The van der Waals surface area contributed by atoms with Crippen LogP contribution >= 0.6 is 15.9 Å². The Morgan fingerprint density at radius 2 is 1.67 bits per heavy atom. The minimum absolute atomic E-state index is 0.125. The highest BCUT2D eigenvalue weighted by Gasteiger charge is 1.69. The van der Waals surface area contributed by atoms with E-state index in [2.05, 4.69) is 22.9 Å². The minimum atomic E-state index is -0.125. The van der Waals surface area contributed by atoms with Crippen LogP contribution in [0.2, 0.25) is 0 Å². The summed E-state index contributed by atoms with van der Waals surface area (Å²) in [6, 6.07) is 0. The standard InChI is InChI=1S/C4H9Br.C2H6O2/c1-2-3-4-5;3-1-2-4/h2-4H2,1H3;3-4H,1-2H2. The molecule has 0 aromatic rings. The number of unbranched alkanes of at least 4 members (excludes halogenated alkanes) is 1. The maximum Gasteiger partial charge on any atom is 0.0662 e. The first-order chi connectivity index (χ1) is 4.33. The fraction of sp³-hybridized carbons (Fsp3) is 1.00. The van der Waals surface area contributed by atoms with Gasteiger partial charge in [-0.2, -0.15) is 0 Å². The van der Waals surface area contributed by atoms with Crippen molar-refractivity contribution in [3.05, 3.63) is 0 Å². The highest BCUT2D eigenvalue weighted by molar-refractivity contribution is 9.09. The zero-order valence-electron chi connectivity index (χ0n) is 5.81. The van der Waals surface area contributed by atoms with E-state index in [1.165, 1.54) is 12.8 Å². The van der Waals surface area contributed by atoms with Gasteiger partial charge in [-0.3, -0.25) is 0 Å². The van der Waals surface area contributed by atoms with E-state index in [-0.39, 0.29) is 13.2 Å². The quantitative estimate of drug-likeness (QED) is 0.669. The van der Waals surface area contributed by atoms with E-state index in [0.717, 1.165) is 5.33 Å². The van der Waals surface area contributed by atoms with E-state index in [4.69, 9.17) is 10.2 Å². The number of hydrogen-bond donors (Lipinski definition) is 2. The molecule has 2 nitrogen and oxygen atoms in total. The molecule has 0 radical (unpaired) electrons. The lowest BCUT2D eigenvalue weighted by Gasteiger charge is -1.77. The molecule has 2 N–H and O–H groups in total. The molecule has 0 fully saturated rings. The largest absolute Gasteiger partial charge is 0.394 e. The Hall–Kier alpha value is 0.400. The Balaban J connectivity index is 0. The molecule has 9 heavy (non-hydrogen) atoms. The van der Waals surface area contributed by atoms with Crippen LogP contribution in [0, 0.1) is 0 Å². The first-order valence-electron chi connectivity index (χ1n) is 3.11. The molecule has 3 heteroatoms. The van der Waals surface area contributed by atoms with E-state index >= 15 is 0 Å². The monoisotopic (exact) mass is 198 g/mol. The van der Waals surface area contributed by atoms with E-state index in [0.29, 0.717) is 0 Å². The summed E-state index contributed by atoms with van der Waals surface area (Å²) in [4.78, 5) is 0. The van der Waals surface area contributed by atoms with E-state index in [1.54, 1.807) is 0 Å². The summed E-state index contributed by atoms with van der Waals surface area (Å²) in [7, 11) is 0. The minimum Gasteiger partial charge on any atom is -0.394 e. The van der Waals surface area contributed by atoms with Crippen molar-refractivity contribution < 1.29 is 10.2 Å². The summed E-state index contributed by atoms with van der Waals surface area (Å²) < 4.78 is 0. The molecule has 0 aliphatic carbocycles. The molecule has 0 amide bonds. The molecule has 0 aliphatic rings. The fourth-order valence-electron chi connectivity index (χ4n) is 0.134. The summed E-state index contributed by atoms with van der Waals surface area (Å²) in [5, 5.41) is 16.4. The van der Waals surface area contributed by atoms with Crippen molar-refractivity contribution in [3.63, 3.8) is 0 Å². The van der Waals surface area contributed by atoms with Gasteiger partial charge in [-0.15, -0.1) is 0 Å². The smallest absolute Gasteiger partial charge is 0.0662 e. The van der Waals surface area contributed by atoms with Crippen LogP contribution in [-0.2, 0) is 0 Å². The van der Waals surface area contributed by atoms with Crippen LogP contribution in [0.1, 0.15) is 19.8 Å². The van der Waals surface area contributed by atoms with Gasteiger partial charge in [-0.05, 0) is 6.42 Å². The zero-order valence-corrected chi connectivity index (χ0v) is 7.39. The van der Waals surface area contributed by atoms with Crippen molar-refractivity contribution in [2.45, 2.75) is 19.8 Å². The van der Waals surface area contributed by atoms with Gasteiger partial charge in [0.2, 0.25) is 0 Å². The van der Waals surface area contributed by atoms with Crippen molar-refractivity contribution in [1.29, 1.82) is 0 Å². The van der Waals surface area contributed by atoms with Crippen LogP contribution < -0.4 is 0 Å². The second kappa shape index (κ2) is 15.8. The Bertz CT molecular complexity index is 30.2. The summed E-state index contributed by atoms with van der Waals surface area (Å²) in [6.45, 7) is 1.93. The molecule has 0 heterocycles. The molecule has 0 atom stereocenters. The molecule has 0 saturated carbocycles. The number of halogens is 1. The predicted octanol–water partition coefficient (Wildman–Crippen LogP) is 1.15. The van der Waals surface area contributed by atoms with Crippen LogP contribution in [0.15, 0.2) is 0 Å². The van der Waals surface area contributed by atoms with Crippen molar-refractivity contribution in [2.24, 2.45) is 0 Å². The number of alkyl halides is 1. The van der Waals surface area contributed by atoms with Crippen LogP contribution in [-0.4, -0.2) is 28.8 Å². The van der Waals surface area contributed by atoms with Gasteiger partial charge in [0, 0.05) is 5.33 Å². The van der Waals surface area contributed by atoms with Gasteiger partial charge in [-0.25, -0.2) is 0 Å². The van der Waals surface area contributed by atoms with Gasteiger partial charge in [-0.1, -0.05) is 29.3 Å². The van der Waals surface area contributed by atoms with Gasteiger partial charge in [0.05, 0.1) is 13.2 Å². The summed E-state index contributed by atoms with van der Waals surface area (Å²) in [5.74, 6) is 0. The molecule has 58 valence electrons. The molecular formula is C6H15BrO2. The van der Waals surface area contributed by atoms with Crippen LogP contribution in [0.25, 0.3) is 0 Å². The molecule has 0 bridgehead atoms. The van der Waals surface area contributed by atoms with Gasteiger partial charge in [0.15, 0.2) is 0 Å². The van der Waals surface area contributed by atoms with Gasteiger partial charge in [0.25, 0.3) is 0 Å². The second-order valence-electron chi connectivity index (χ2n) is 1.49. The highest BCUT2D eigenvalue weighted by Crippen LogP contribution is 1.89. The molecule has 0 aliphatic heterocycles.